The Morgan fingerprint density at radius 3 is 2.82 bits per heavy atom. The van der Waals surface area contributed by atoms with Gasteiger partial charge < -0.3 is 9.57 Å². The van der Waals surface area contributed by atoms with E-state index in [-0.39, 0.29) is 6.02 Å². The lowest BCUT2D eigenvalue weighted by Gasteiger charge is -2.01. The zero-order chi connectivity index (χ0) is 8.53. The van der Waals surface area contributed by atoms with E-state index < -0.39 is 0 Å². The number of rotatable bonds is 3. The van der Waals surface area contributed by atoms with E-state index in [4.69, 9.17) is 0 Å². The Balaban J connectivity index is 3.88. The van der Waals surface area contributed by atoms with Gasteiger partial charge >= 0.3 is 6.02 Å². The van der Waals surface area contributed by atoms with Crippen molar-refractivity contribution in [3.8, 4) is 0 Å². The van der Waals surface area contributed by atoms with Crippen molar-refractivity contribution in [2.75, 3.05) is 14.2 Å². The number of nitrogens with one attached hydrogen (secondary N) is 1. The van der Waals surface area contributed by atoms with E-state index in [9.17, 15) is 4.79 Å². The summed E-state index contributed by atoms with van der Waals surface area (Å²) < 4.78 is 4.51. The molecule has 0 saturated heterocycles. The summed E-state index contributed by atoms with van der Waals surface area (Å²) in [5, 5.41) is 3.30. The predicted octanol–water partition coefficient (Wildman–Crippen LogP) is -0.583. The van der Waals surface area contributed by atoms with Gasteiger partial charge in [0.25, 0.3) is 0 Å². The molecule has 0 bridgehead atoms. The fourth-order valence-electron chi connectivity index (χ4n) is 0.314. The van der Waals surface area contributed by atoms with Crippen molar-refractivity contribution < 1.29 is 19.2 Å². The van der Waals surface area contributed by atoms with E-state index in [2.05, 4.69) is 25.0 Å². The number of hydrogen-bond donors (Lipinski definition) is 1. The number of hydroxylamine groups is 1. The van der Waals surface area contributed by atoms with Crippen molar-refractivity contribution in [2.45, 2.75) is 0 Å². The van der Waals surface area contributed by atoms with Gasteiger partial charge in [0, 0.05) is 0 Å². The summed E-state index contributed by atoms with van der Waals surface area (Å²) in [4.78, 5) is 18.4. The first-order chi connectivity index (χ1) is 5.35. The molecule has 0 aromatic carbocycles. The summed E-state index contributed by atoms with van der Waals surface area (Å²) in [5.74, 6) is 1.39. The molecule has 0 aliphatic heterocycles. The molecular formula is C5H8N2O4. The van der Waals surface area contributed by atoms with Gasteiger partial charge in [0.05, 0.1) is 7.11 Å². The molecule has 0 aliphatic carbocycles. The van der Waals surface area contributed by atoms with Crippen molar-refractivity contribution in [1.82, 2.24) is 5.48 Å². The molecule has 0 aliphatic rings. The summed E-state index contributed by atoms with van der Waals surface area (Å²) in [7, 11) is 2.69. The SMILES string of the molecule is CON=C(NOC)OC=C=O. The molecule has 0 fully saturated rings. The predicted molar refractivity (Wildman–Crippen MR) is 35.9 cm³/mol. The second kappa shape index (κ2) is 6.60. The molecule has 6 nitrogen and oxygen atoms in total. The monoisotopic (exact) mass is 160 g/mol. The average Bonchev–Trinajstić information content (AvgIpc) is 2.01. The van der Waals surface area contributed by atoms with Crippen LogP contribution in [-0.2, 0) is 19.2 Å². The second-order valence-corrected chi connectivity index (χ2v) is 1.24. The normalized spacial score (nSPS) is 9.82. The van der Waals surface area contributed by atoms with Gasteiger partial charge in [-0.2, -0.15) is 0 Å². The van der Waals surface area contributed by atoms with E-state index in [0.29, 0.717) is 0 Å². The molecule has 0 saturated carbocycles. The lowest BCUT2D eigenvalue weighted by Crippen LogP contribution is -2.23. The smallest absolute Gasteiger partial charge is 0.353 e. The first-order valence-electron chi connectivity index (χ1n) is 2.61. The Morgan fingerprint density at radius 1 is 1.64 bits per heavy atom. The minimum atomic E-state index is -0.0849. The van der Waals surface area contributed by atoms with Crippen LogP contribution in [0.5, 0.6) is 0 Å². The maximum Gasteiger partial charge on any atom is 0.353 e. The summed E-state index contributed by atoms with van der Waals surface area (Å²) in [6, 6.07) is -0.0849. The highest BCUT2D eigenvalue weighted by molar-refractivity contribution is 5.73. The van der Waals surface area contributed by atoms with E-state index >= 15 is 0 Å². The van der Waals surface area contributed by atoms with Gasteiger partial charge in [-0.15, -0.1) is 0 Å². The Morgan fingerprint density at radius 2 is 2.36 bits per heavy atom. The minimum Gasteiger partial charge on any atom is -0.418 e. The highest BCUT2D eigenvalue weighted by atomic mass is 16.7. The third-order valence-corrected chi connectivity index (χ3v) is 0.582. The molecule has 0 heterocycles. The van der Waals surface area contributed by atoms with Gasteiger partial charge in [-0.25, -0.2) is 10.3 Å². The highest BCUT2D eigenvalue weighted by Crippen LogP contribution is 1.79. The van der Waals surface area contributed by atoms with E-state index in [1.807, 2.05) is 0 Å². The Bertz CT molecular complexity index is 173. The van der Waals surface area contributed by atoms with Crippen LogP contribution < -0.4 is 5.48 Å². The second-order valence-electron chi connectivity index (χ2n) is 1.24. The molecule has 0 spiro atoms. The molecule has 0 radical (unpaired) electrons. The zero-order valence-corrected chi connectivity index (χ0v) is 6.16. The van der Waals surface area contributed by atoms with E-state index in [1.165, 1.54) is 20.2 Å². The van der Waals surface area contributed by atoms with Crippen LogP contribution in [0.15, 0.2) is 11.4 Å². The molecule has 0 amide bonds. The van der Waals surface area contributed by atoms with Crippen molar-refractivity contribution >= 4 is 12.0 Å². The van der Waals surface area contributed by atoms with Gasteiger partial charge in [0.2, 0.25) is 0 Å². The number of carbonyl (C=O) groups excluding carboxylic acids is 1. The molecule has 0 unspecified atom stereocenters. The van der Waals surface area contributed by atoms with Crippen LogP contribution in [-0.4, -0.2) is 26.2 Å². The van der Waals surface area contributed by atoms with Crippen LogP contribution in [0.4, 0.5) is 0 Å². The third kappa shape index (κ3) is 4.95. The van der Waals surface area contributed by atoms with Crippen molar-refractivity contribution in [3.05, 3.63) is 6.26 Å². The van der Waals surface area contributed by atoms with Crippen LogP contribution in [0, 0.1) is 0 Å². The quantitative estimate of drug-likeness (QED) is 0.196. The topological polar surface area (TPSA) is 69.2 Å². The van der Waals surface area contributed by atoms with Gasteiger partial charge in [0.1, 0.15) is 7.11 Å². The van der Waals surface area contributed by atoms with Gasteiger partial charge in [0.15, 0.2) is 12.2 Å². The van der Waals surface area contributed by atoms with Crippen LogP contribution in [0.2, 0.25) is 0 Å². The van der Waals surface area contributed by atoms with Crippen LogP contribution >= 0.6 is 0 Å². The first-order valence-corrected chi connectivity index (χ1v) is 2.61. The number of amidine groups is 1. The van der Waals surface area contributed by atoms with E-state index in [0.717, 1.165) is 6.26 Å². The largest absolute Gasteiger partial charge is 0.418 e. The van der Waals surface area contributed by atoms with Crippen molar-refractivity contribution in [2.24, 2.45) is 5.16 Å². The molecule has 6 heteroatoms. The standard InChI is InChI=1S/C5H8N2O4/c1-9-6-5(7-10-2)11-4-3-8/h4H,1-2H3,(H,6,7). The summed E-state index contributed by atoms with van der Waals surface area (Å²) in [5.41, 5.74) is 2.21. The molecule has 0 rings (SSSR count). The molecule has 0 atom stereocenters. The Labute approximate surface area is 63.4 Å². The number of oxime groups is 1. The Hall–Kier alpha value is -1.52. The highest BCUT2D eigenvalue weighted by Gasteiger charge is 1.95. The van der Waals surface area contributed by atoms with Gasteiger partial charge in [-0.1, -0.05) is 0 Å². The summed E-state index contributed by atoms with van der Waals surface area (Å²) in [6.07, 6.45) is 0.768. The number of hydrogen-bond acceptors (Lipinski definition) is 5. The molecule has 62 valence electrons. The first kappa shape index (κ1) is 9.48. The minimum absolute atomic E-state index is 0.0849. The number of ether oxygens (including phenoxy) is 1. The summed E-state index contributed by atoms with van der Waals surface area (Å²) >= 11 is 0. The summed E-state index contributed by atoms with van der Waals surface area (Å²) in [6.45, 7) is 0. The van der Waals surface area contributed by atoms with Crippen molar-refractivity contribution in [1.29, 1.82) is 0 Å². The van der Waals surface area contributed by atoms with Gasteiger partial charge in [-0.3, -0.25) is 4.84 Å². The maximum absolute atomic E-state index is 9.65. The van der Waals surface area contributed by atoms with Crippen molar-refractivity contribution in [3.63, 3.8) is 0 Å². The zero-order valence-electron chi connectivity index (χ0n) is 6.16. The van der Waals surface area contributed by atoms with Gasteiger partial charge in [-0.05, 0) is 5.16 Å². The average molecular weight is 160 g/mol. The fourth-order valence-corrected chi connectivity index (χ4v) is 0.314. The van der Waals surface area contributed by atoms with Crippen LogP contribution in [0.1, 0.15) is 0 Å². The van der Waals surface area contributed by atoms with E-state index in [1.54, 1.807) is 0 Å². The maximum atomic E-state index is 9.65. The fraction of sp³-hybridized carbons (Fsp3) is 0.400. The Kier molecular flexibility index (Phi) is 5.69. The molecule has 11 heavy (non-hydrogen) atoms. The molecule has 0 aromatic heterocycles. The lowest BCUT2D eigenvalue weighted by atomic mass is 11.0. The molecular weight excluding hydrogens is 152 g/mol. The van der Waals surface area contributed by atoms with Crippen LogP contribution in [0.3, 0.4) is 0 Å². The third-order valence-electron chi connectivity index (χ3n) is 0.582. The molecule has 1 N–H and O–H groups in total. The van der Waals surface area contributed by atoms with Crippen LogP contribution in [0.25, 0.3) is 0 Å². The number of nitrogens with zero attached hydrogens (tertiary/aromatic N) is 1. The lowest BCUT2D eigenvalue weighted by molar-refractivity contribution is 0.112. The molecule has 0 aromatic rings.